The van der Waals surface area contributed by atoms with Crippen molar-refractivity contribution in [3.05, 3.63) is 47.4 Å². The van der Waals surface area contributed by atoms with E-state index in [2.05, 4.69) is 20.4 Å². The van der Waals surface area contributed by atoms with E-state index < -0.39 is 0 Å². The highest BCUT2D eigenvalue weighted by Crippen LogP contribution is 2.39. The van der Waals surface area contributed by atoms with Crippen LogP contribution in [-0.2, 0) is 11.8 Å². The standard InChI is InChI=1S/C21H21ClN6O3/c1-27-8-14(6-24-27)18-15(22)7-23-20(26-18)25-16-4-3-13(5-17(16)30-2)19(29)28-9-21(10-28)11-31-12-21/h3-8H,9-12H2,1-2H3,(H,23,25,26). The summed E-state index contributed by atoms with van der Waals surface area (Å²) in [7, 11) is 3.38. The van der Waals surface area contributed by atoms with Gasteiger partial charge in [-0.2, -0.15) is 5.10 Å². The summed E-state index contributed by atoms with van der Waals surface area (Å²) in [5.74, 6) is 0.869. The number of nitrogens with one attached hydrogen (secondary N) is 1. The van der Waals surface area contributed by atoms with E-state index in [4.69, 9.17) is 21.1 Å². The molecule has 0 radical (unpaired) electrons. The normalized spacial score (nSPS) is 16.5. The molecule has 1 spiro atoms. The first kappa shape index (κ1) is 19.8. The molecule has 0 saturated carbocycles. The number of carbonyl (C=O) groups is 1. The SMILES string of the molecule is COc1cc(C(=O)N2CC3(COC3)C2)ccc1Nc1ncc(Cl)c(-c2cnn(C)c2)n1. The molecule has 0 atom stereocenters. The minimum atomic E-state index is -0.0102. The van der Waals surface area contributed by atoms with Gasteiger partial charge in [0.15, 0.2) is 0 Å². The molecular formula is C21H21ClN6O3. The molecule has 10 heteroatoms. The van der Waals surface area contributed by atoms with Crippen LogP contribution in [0.5, 0.6) is 5.75 Å². The predicted molar refractivity (Wildman–Crippen MR) is 115 cm³/mol. The largest absolute Gasteiger partial charge is 0.495 e. The lowest BCUT2D eigenvalue weighted by Crippen LogP contribution is -2.67. The molecule has 1 aromatic carbocycles. The van der Waals surface area contributed by atoms with Crippen molar-refractivity contribution in [2.75, 3.05) is 38.7 Å². The van der Waals surface area contributed by atoms with Crippen molar-refractivity contribution in [3.8, 4) is 17.0 Å². The Morgan fingerprint density at radius 2 is 2.10 bits per heavy atom. The molecule has 2 fully saturated rings. The molecule has 2 aliphatic rings. The summed E-state index contributed by atoms with van der Waals surface area (Å²) in [6, 6.07) is 5.29. The maximum atomic E-state index is 12.8. The number of rotatable bonds is 5. The molecule has 3 aromatic rings. The van der Waals surface area contributed by atoms with E-state index in [1.807, 2.05) is 18.1 Å². The minimum absolute atomic E-state index is 0.0102. The molecule has 1 N–H and O–H groups in total. The zero-order valence-electron chi connectivity index (χ0n) is 17.1. The number of hydrogen-bond donors (Lipinski definition) is 1. The zero-order valence-corrected chi connectivity index (χ0v) is 17.9. The summed E-state index contributed by atoms with van der Waals surface area (Å²) in [6.07, 6.45) is 5.05. The maximum absolute atomic E-state index is 12.8. The van der Waals surface area contributed by atoms with Crippen LogP contribution in [-0.4, -0.2) is 64.0 Å². The van der Waals surface area contributed by atoms with Crippen molar-refractivity contribution in [3.63, 3.8) is 0 Å². The number of hydrogen-bond acceptors (Lipinski definition) is 7. The summed E-state index contributed by atoms with van der Waals surface area (Å²) >= 11 is 6.28. The Morgan fingerprint density at radius 3 is 2.74 bits per heavy atom. The van der Waals surface area contributed by atoms with Crippen LogP contribution in [0.2, 0.25) is 5.02 Å². The van der Waals surface area contributed by atoms with Gasteiger partial charge in [-0.25, -0.2) is 9.97 Å². The van der Waals surface area contributed by atoms with E-state index in [0.717, 1.165) is 31.9 Å². The van der Waals surface area contributed by atoms with Gasteiger partial charge in [-0.15, -0.1) is 0 Å². The van der Waals surface area contributed by atoms with Gasteiger partial charge < -0.3 is 19.7 Å². The van der Waals surface area contributed by atoms with Crippen molar-refractivity contribution < 1.29 is 14.3 Å². The molecule has 5 rings (SSSR count). The highest BCUT2D eigenvalue weighted by molar-refractivity contribution is 6.32. The summed E-state index contributed by atoms with van der Waals surface area (Å²) in [5, 5.41) is 7.73. The molecule has 1 amide bonds. The van der Waals surface area contributed by atoms with Gasteiger partial charge in [0.1, 0.15) is 5.75 Å². The fourth-order valence-corrected chi connectivity index (χ4v) is 4.08. The number of anilines is 2. The Balaban J connectivity index is 1.35. The Hall–Kier alpha value is -3.17. The van der Waals surface area contributed by atoms with E-state index in [0.29, 0.717) is 33.7 Å². The smallest absolute Gasteiger partial charge is 0.254 e. The summed E-state index contributed by atoms with van der Waals surface area (Å²) in [5.41, 5.74) is 2.76. The Bertz CT molecular complexity index is 1150. The topological polar surface area (TPSA) is 94.4 Å². The van der Waals surface area contributed by atoms with Crippen LogP contribution < -0.4 is 10.1 Å². The van der Waals surface area contributed by atoms with Crippen molar-refractivity contribution in [1.82, 2.24) is 24.6 Å². The first-order valence-electron chi connectivity index (χ1n) is 9.80. The molecule has 9 nitrogen and oxygen atoms in total. The number of carbonyl (C=O) groups excluding carboxylic acids is 1. The number of nitrogens with zero attached hydrogens (tertiary/aromatic N) is 5. The third kappa shape index (κ3) is 3.60. The van der Waals surface area contributed by atoms with E-state index >= 15 is 0 Å². The van der Waals surface area contributed by atoms with Crippen LogP contribution >= 0.6 is 11.6 Å². The molecule has 31 heavy (non-hydrogen) atoms. The predicted octanol–water partition coefficient (Wildman–Crippen LogP) is 2.76. The molecule has 2 saturated heterocycles. The lowest BCUT2D eigenvalue weighted by molar-refractivity contribution is -0.176. The molecule has 0 unspecified atom stereocenters. The highest BCUT2D eigenvalue weighted by atomic mass is 35.5. The maximum Gasteiger partial charge on any atom is 0.254 e. The van der Waals surface area contributed by atoms with Crippen LogP contribution in [0.4, 0.5) is 11.6 Å². The molecular weight excluding hydrogens is 420 g/mol. The van der Waals surface area contributed by atoms with Crippen LogP contribution in [0, 0.1) is 5.41 Å². The molecule has 0 aliphatic carbocycles. The number of aryl methyl sites for hydroxylation is 1. The summed E-state index contributed by atoms with van der Waals surface area (Å²) < 4.78 is 12.5. The van der Waals surface area contributed by atoms with E-state index in [1.54, 1.807) is 36.2 Å². The minimum Gasteiger partial charge on any atom is -0.495 e. The Labute approximate surface area is 184 Å². The fourth-order valence-electron chi connectivity index (χ4n) is 3.88. The lowest BCUT2D eigenvalue weighted by atomic mass is 9.78. The molecule has 2 aromatic heterocycles. The monoisotopic (exact) mass is 440 g/mol. The number of benzene rings is 1. The van der Waals surface area contributed by atoms with Gasteiger partial charge in [0, 0.05) is 37.5 Å². The van der Waals surface area contributed by atoms with Gasteiger partial charge in [-0.3, -0.25) is 9.48 Å². The zero-order chi connectivity index (χ0) is 21.6. The highest BCUT2D eigenvalue weighted by Gasteiger charge is 2.50. The second-order valence-electron chi connectivity index (χ2n) is 7.99. The number of ether oxygens (including phenoxy) is 2. The number of halogens is 1. The number of methoxy groups -OCH3 is 1. The van der Waals surface area contributed by atoms with Gasteiger partial charge in [-0.1, -0.05) is 11.6 Å². The van der Waals surface area contributed by atoms with Gasteiger partial charge in [0.05, 0.1) is 54.5 Å². The van der Waals surface area contributed by atoms with Gasteiger partial charge in [0.25, 0.3) is 5.91 Å². The third-order valence-electron chi connectivity index (χ3n) is 5.57. The molecule has 4 heterocycles. The van der Waals surface area contributed by atoms with Gasteiger partial charge in [-0.05, 0) is 18.2 Å². The lowest BCUT2D eigenvalue weighted by Gasteiger charge is -2.54. The van der Waals surface area contributed by atoms with Crippen molar-refractivity contribution in [2.24, 2.45) is 12.5 Å². The van der Waals surface area contributed by atoms with Crippen molar-refractivity contribution >= 4 is 29.1 Å². The summed E-state index contributed by atoms with van der Waals surface area (Å²) in [4.78, 5) is 23.4. The average molecular weight is 441 g/mol. The second-order valence-corrected chi connectivity index (χ2v) is 8.39. The Kier molecular flexibility index (Phi) is 4.79. The first-order valence-corrected chi connectivity index (χ1v) is 10.2. The summed E-state index contributed by atoms with van der Waals surface area (Å²) in [6.45, 7) is 2.96. The molecule has 160 valence electrons. The van der Waals surface area contributed by atoms with Gasteiger partial charge >= 0.3 is 0 Å². The van der Waals surface area contributed by atoms with Crippen LogP contribution in [0.1, 0.15) is 10.4 Å². The van der Waals surface area contributed by atoms with Crippen molar-refractivity contribution in [2.45, 2.75) is 0 Å². The van der Waals surface area contributed by atoms with E-state index in [-0.39, 0.29) is 11.3 Å². The first-order chi connectivity index (χ1) is 15.0. The van der Waals surface area contributed by atoms with Gasteiger partial charge in [0.2, 0.25) is 5.95 Å². The average Bonchev–Trinajstić information content (AvgIpc) is 3.13. The Morgan fingerprint density at radius 1 is 1.29 bits per heavy atom. The van der Waals surface area contributed by atoms with Crippen molar-refractivity contribution in [1.29, 1.82) is 0 Å². The van der Waals surface area contributed by atoms with Crippen LogP contribution in [0.15, 0.2) is 36.8 Å². The quantitative estimate of drug-likeness (QED) is 0.651. The second kappa shape index (κ2) is 7.51. The van der Waals surface area contributed by atoms with E-state index in [1.165, 1.54) is 6.20 Å². The number of amides is 1. The number of aromatic nitrogens is 4. The third-order valence-corrected chi connectivity index (χ3v) is 5.85. The van der Waals surface area contributed by atoms with Crippen LogP contribution in [0.3, 0.4) is 0 Å². The van der Waals surface area contributed by atoms with E-state index in [9.17, 15) is 4.79 Å². The molecule has 2 aliphatic heterocycles. The van der Waals surface area contributed by atoms with Crippen LogP contribution in [0.25, 0.3) is 11.3 Å². The number of likely N-dealkylation sites (tertiary alicyclic amines) is 1. The molecule has 0 bridgehead atoms. The fraction of sp³-hybridized carbons (Fsp3) is 0.333.